The molecule has 2 aromatic carbocycles. The van der Waals surface area contributed by atoms with Crippen LogP contribution in [0.4, 0.5) is 5.69 Å². The first-order chi connectivity index (χ1) is 13.4. The number of carbonyl (C=O) groups excluding carboxylic acids is 1. The van der Waals surface area contributed by atoms with Crippen LogP contribution in [0.25, 0.3) is 0 Å². The van der Waals surface area contributed by atoms with Gasteiger partial charge in [0, 0.05) is 0 Å². The molecule has 156 valence electrons. The van der Waals surface area contributed by atoms with Crippen LogP contribution < -0.4 is 4.31 Å². The van der Waals surface area contributed by atoms with Gasteiger partial charge in [0.25, 0.3) is 0 Å². The Labute approximate surface area is 172 Å². The fraction of sp³-hybridized carbons (Fsp3) is 0.350. The van der Waals surface area contributed by atoms with Crippen LogP contribution >= 0.6 is 0 Å². The second-order valence-electron chi connectivity index (χ2n) is 7.78. The molecule has 2 rings (SSSR count). The van der Waals surface area contributed by atoms with Gasteiger partial charge in [-0.25, -0.2) is 13.2 Å². The maximum absolute atomic E-state index is 12.4. The molecule has 2 N–H and O–H groups in total. The maximum atomic E-state index is 12.4. The second kappa shape index (κ2) is 8.98. The minimum Gasteiger partial charge on any atom is -0.456 e. The Morgan fingerprint density at radius 1 is 1.10 bits per heavy atom. The molecule has 0 saturated heterocycles. The van der Waals surface area contributed by atoms with Crippen molar-refractivity contribution < 1.29 is 28.0 Å². The Hall–Kier alpha value is -2.36. The molecule has 7 nitrogen and oxygen atoms in total. The van der Waals surface area contributed by atoms with Gasteiger partial charge in [0.05, 0.1) is 23.4 Å². The number of benzene rings is 2. The second-order valence-corrected chi connectivity index (χ2v) is 9.64. The predicted molar refractivity (Wildman–Crippen MR) is 113 cm³/mol. The third kappa shape index (κ3) is 6.59. The Morgan fingerprint density at radius 3 is 2.24 bits per heavy atom. The van der Waals surface area contributed by atoms with Crippen molar-refractivity contribution in [3.05, 3.63) is 65.7 Å². The molecular weight excluding hydrogens is 393 g/mol. The number of hydrogen-bond donors (Lipinski definition) is 2. The number of anilines is 1. The molecule has 29 heavy (non-hydrogen) atoms. The number of ether oxygens (including phenoxy) is 1. The molecule has 1 atom stereocenters. The molecule has 9 heteroatoms. The quantitative estimate of drug-likeness (QED) is 0.526. The fourth-order valence-electron chi connectivity index (χ4n) is 2.92. The SMILES string of the molecule is CC(C)(C)OC(=O)c1cccc(C[C@@H](B(O)O)N(c2ccccc2)S(C)(=O)=O)c1. The summed E-state index contributed by atoms with van der Waals surface area (Å²) in [6.07, 6.45) is 0.989. The number of para-hydroxylation sites is 1. The summed E-state index contributed by atoms with van der Waals surface area (Å²) in [6, 6.07) is 14.7. The molecule has 0 fully saturated rings. The number of hydrogen-bond acceptors (Lipinski definition) is 6. The van der Waals surface area contributed by atoms with Crippen molar-refractivity contribution in [3.63, 3.8) is 0 Å². The third-order valence-corrected chi connectivity index (χ3v) is 5.22. The molecule has 0 bridgehead atoms. The van der Waals surface area contributed by atoms with Crippen LogP contribution in [0.2, 0.25) is 0 Å². The molecule has 0 amide bonds. The monoisotopic (exact) mass is 419 g/mol. The van der Waals surface area contributed by atoms with Crippen molar-refractivity contribution in [1.82, 2.24) is 0 Å². The van der Waals surface area contributed by atoms with Crippen molar-refractivity contribution in [3.8, 4) is 0 Å². The largest absolute Gasteiger partial charge is 0.477 e. The first-order valence-corrected chi connectivity index (χ1v) is 11.0. The van der Waals surface area contributed by atoms with Crippen molar-refractivity contribution in [2.24, 2.45) is 0 Å². The highest BCUT2D eigenvalue weighted by Crippen LogP contribution is 2.24. The van der Waals surface area contributed by atoms with E-state index in [1.807, 2.05) is 0 Å². The average Bonchev–Trinajstić information content (AvgIpc) is 2.59. The van der Waals surface area contributed by atoms with E-state index >= 15 is 0 Å². The third-order valence-electron chi connectivity index (χ3n) is 4.02. The highest BCUT2D eigenvalue weighted by molar-refractivity contribution is 7.92. The molecule has 0 aliphatic heterocycles. The molecular formula is C20H26BNO6S. The van der Waals surface area contributed by atoms with Gasteiger partial charge in [-0.3, -0.25) is 4.31 Å². The summed E-state index contributed by atoms with van der Waals surface area (Å²) in [5.41, 5.74) is 0.527. The minimum absolute atomic E-state index is 0.0176. The van der Waals surface area contributed by atoms with Crippen molar-refractivity contribution in [2.75, 3.05) is 10.6 Å². The predicted octanol–water partition coefficient (Wildman–Crippen LogP) is 2.03. The lowest BCUT2D eigenvalue weighted by atomic mass is 9.75. The molecule has 0 aromatic heterocycles. The topological polar surface area (TPSA) is 104 Å². The Morgan fingerprint density at radius 2 is 1.72 bits per heavy atom. The summed E-state index contributed by atoms with van der Waals surface area (Å²) in [5.74, 6) is -1.69. The molecule has 0 aliphatic rings. The zero-order valence-corrected chi connectivity index (χ0v) is 17.8. The van der Waals surface area contributed by atoms with Crippen LogP contribution in [0.15, 0.2) is 54.6 Å². The summed E-state index contributed by atoms with van der Waals surface area (Å²) in [4.78, 5) is 12.3. The van der Waals surface area contributed by atoms with E-state index in [-0.39, 0.29) is 6.42 Å². The first-order valence-electron chi connectivity index (χ1n) is 9.11. The van der Waals surface area contributed by atoms with E-state index in [2.05, 4.69) is 0 Å². The van der Waals surface area contributed by atoms with E-state index in [1.54, 1.807) is 75.4 Å². The first kappa shape index (κ1) is 22.9. The molecule has 2 aromatic rings. The number of sulfonamides is 1. The zero-order chi connectivity index (χ0) is 21.8. The average molecular weight is 419 g/mol. The summed E-state index contributed by atoms with van der Waals surface area (Å²) in [6.45, 7) is 5.28. The summed E-state index contributed by atoms with van der Waals surface area (Å²) >= 11 is 0. The normalized spacial score (nSPS) is 12.9. The van der Waals surface area contributed by atoms with Gasteiger partial charge in [-0.1, -0.05) is 30.3 Å². The lowest BCUT2D eigenvalue weighted by molar-refractivity contribution is 0.00693. The maximum Gasteiger partial charge on any atom is 0.477 e. The molecule has 0 spiro atoms. The lowest BCUT2D eigenvalue weighted by Gasteiger charge is -2.31. The lowest BCUT2D eigenvalue weighted by Crippen LogP contribution is -2.51. The van der Waals surface area contributed by atoms with Gasteiger partial charge in [-0.2, -0.15) is 0 Å². The van der Waals surface area contributed by atoms with Crippen LogP contribution in [0.3, 0.4) is 0 Å². The van der Waals surface area contributed by atoms with Gasteiger partial charge in [-0.05, 0) is 57.0 Å². The van der Waals surface area contributed by atoms with Crippen LogP contribution in [0.1, 0.15) is 36.7 Å². The fourth-order valence-corrected chi connectivity index (χ4v) is 4.10. The standard InChI is InChI=1S/C20H26BNO6S/c1-20(2,3)28-19(23)16-10-8-9-15(13-16)14-18(21(24)25)22(29(4,26)27)17-11-6-5-7-12-17/h5-13,18,24-25H,14H2,1-4H3/t18-/m0/s1. The van der Waals surface area contributed by atoms with Crippen LogP contribution in [0.5, 0.6) is 0 Å². The van der Waals surface area contributed by atoms with Crippen molar-refractivity contribution in [1.29, 1.82) is 0 Å². The van der Waals surface area contributed by atoms with E-state index in [9.17, 15) is 23.3 Å². The molecule has 0 saturated carbocycles. The summed E-state index contributed by atoms with van der Waals surface area (Å²) in [5, 5.41) is 19.9. The van der Waals surface area contributed by atoms with Crippen LogP contribution in [0, 0.1) is 0 Å². The number of carbonyl (C=O) groups is 1. The van der Waals surface area contributed by atoms with E-state index in [0.717, 1.165) is 10.6 Å². The van der Waals surface area contributed by atoms with E-state index in [0.29, 0.717) is 16.8 Å². The van der Waals surface area contributed by atoms with Gasteiger partial charge in [0.15, 0.2) is 0 Å². The molecule has 0 radical (unpaired) electrons. The van der Waals surface area contributed by atoms with Crippen molar-refractivity contribution in [2.45, 2.75) is 38.7 Å². The van der Waals surface area contributed by atoms with Crippen molar-refractivity contribution >= 4 is 28.8 Å². The van der Waals surface area contributed by atoms with Gasteiger partial charge in [0.2, 0.25) is 10.0 Å². The number of rotatable bonds is 7. The highest BCUT2D eigenvalue weighted by atomic mass is 32.2. The zero-order valence-electron chi connectivity index (χ0n) is 16.9. The smallest absolute Gasteiger partial charge is 0.456 e. The number of esters is 1. The van der Waals surface area contributed by atoms with Gasteiger partial charge >= 0.3 is 13.1 Å². The molecule has 0 aliphatic carbocycles. The van der Waals surface area contributed by atoms with E-state index in [4.69, 9.17) is 4.74 Å². The van der Waals surface area contributed by atoms with Gasteiger partial charge in [0.1, 0.15) is 5.60 Å². The summed E-state index contributed by atoms with van der Waals surface area (Å²) < 4.78 is 31.2. The molecule has 0 heterocycles. The van der Waals surface area contributed by atoms with E-state index in [1.165, 1.54) is 0 Å². The highest BCUT2D eigenvalue weighted by Gasteiger charge is 2.36. The Kier molecular flexibility index (Phi) is 7.10. The minimum atomic E-state index is -3.81. The molecule has 0 unspecified atom stereocenters. The number of nitrogens with zero attached hydrogens (tertiary/aromatic N) is 1. The van der Waals surface area contributed by atoms with E-state index < -0.39 is 34.7 Å². The summed E-state index contributed by atoms with van der Waals surface area (Å²) in [7, 11) is -5.75. The van der Waals surface area contributed by atoms with Gasteiger partial charge < -0.3 is 14.8 Å². The van der Waals surface area contributed by atoms with Crippen LogP contribution in [-0.2, 0) is 21.2 Å². The van der Waals surface area contributed by atoms with Gasteiger partial charge in [-0.15, -0.1) is 0 Å². The Balaban J connectivity index is 2.38. The Bertz CT molecular complexity index is 941. The van der Waals surface area contributed by atoms with Crippen LogP contribution in [-0.4, -0.2) is 49.4 Å².